The molecule has 0 unspecified atom stereocenters. The van der Waals surface area contributed by atoms with E-state index in [2.05, 4.69) is 44.8 Å². The van der Waals surface area contributed by atoms with E-state index in [1.807, 2.05) is 25.2 Å². The van der Waals surface area contributed by atoms with Crippen molar-refractivity contribution in [2.75, 3.05) is 0 Å². The van der Waals surface area contributed by atoms with Crippen LogP contribution >= 0.6 is 12.8 Å². The van der Waals surface area contributed by atoms with Crippen molar-refractivity contribution in [2.24, 2.45) is 0 Å². The average molecular weight is 315 g/mol. The van der Waals surface area contributed by atoms with Crippen LogP contribution in [0.3, 0.4) is 0 Å². The first-order valence-corrected chi connectivity index (χ1v) is 7.02. The number of hydrogen-bond acceptors (Lipinski definition) is 6. The van der Waals surface area contributed by atoms with Crippen molar-refractivity contribution in [3.8, 4) is 0 Å². The Labute approximate surface area is 133 Å². The maximum Gasteiger partial charge on any atom is 0.182 e. The van der Waals surface area contributed by atoms with E-state index in [1.165, 1.54) is 0 Å². The average Bonchev–Trinajstić information content (AvgIpc) is 3.00. The van der Waals surface area contributed by atoms with Crippen molar-refractivity contribution < 1.29 is 0 Å². The molecule has 2 aromatic heterocycles. The van der Waals surface area contributed by atoms with Crippen LogP contribution in [-0.4, -0.2) is 25.4 Å². The predicted molar refractivity (Wildman–Crippen MR) is 89.7 cm³/mol. The van der Waals surface area contributed by atoms with E-state index < -0.39 is 0 Å². The molecule has 0 radical (unpaired) electrons. The van der Waals surface area contributed by atoms with Crippen molar-refractivity contribution in [1.82, 2.24) is 29.8 Å². The Hall–Kier alpha value is -2.45. The summed E-state index contributed by atoms with van der Waals surface area (Å²) in [6.45, 7) is 5.77. The summed E-state index contributed by atoms with van der Waals surface area (Å²) in [7, 11) is 0. The number of nitrogens with one attached hydrogen (secondary N) is 3. The summed E-state index contributed by atoms with van der Waals surface area (Å²) in [6, 6.07) is 0. The molecule has 0 aliphatic rings. The van der Waals surface area contributed by atoms with Gasteiger partial charge in [0.25, 0.3) is 0 Å². The Kier molecular flexibility index (Phi) is 5.45. The number of amidine groups is 1. The van der Waals surface area contributed by atoms with Gasteiger partial charge in [0, 0.05) is 12.6 Å². The molecule has 0 bridgehead atoms. The van der Waals surface area contributed by atoms with E-state index in [0.29, 0.717) is 17.8 Å². The Bertz CT molecular complexity index is 745. The second kappa shape index (κ2) is 7.53. The molecule has 8 heteroatoms. The van der Waals surface area contributed by atoms with Crippen molar-refractivity contribution >= 4 is 24.3 Å². The first-order chi connectivity index (χ1) is 10.7. The zero-order valence-electron chi connectivity index (χ0n) is 12.1. The van der Waals surface area contributed by atoms with Crippen LogP contribution in [0.5, 0.6) is 0 Å². The van der Waals surface area contributed by atoms with Crippen LogP contribution in [0, 0.1) is 5.41 Å². The van der Waals surface area contributed by atoms with Crippen LogP contribution in [-0.2, 0) is 6.42 Å². The molecule has 0 fully saturated rings. The highest BCUT2D eigenvalue weighted by Gasteiger charge is 2.12. The van der Waals surface area contributed by atoms with Gasteiger partial charge in [0.1, 0.15) is 12.0 Å². The molecular weight excluding hydrogens is 298 g/mol. The SMILES string of the molecule is C=C/C(=C\C=C/C)Cc1nc(C(=N)NNS)cn2cnnc12. The molecule has 0 aliphatic carbocycles. The van der Waals surface area contributed by atoms with Gasteiger partial charge in [-0.3, -0.25) is 15.2 Å². The van der Waals surface area contributed by atoms with E-state index in [9.17, 15) is 0 Å². The maximum absolute atomic E-state index is 7.91. The number of hydrazine groups is 1. The van der Waals surface area contributed by atoms with Crippen molar-refractivity contribution in [3.63, 3.8) is 0 Å². The van der Waals surface area contributed by atoms with Crippen LogP contribution in [0.25, 0.3) is 5.65 Å². The minimum atomic E-state index is 0.101. The molecule has 0 atom stereocenters. The van der Waals surface area contributed by atoms with Gasteiger partial charge in [-0.1, -0.05) is 43.7 Å². The minimum Gasteiger partial charge on any atom is -0.295 e. The van der Waals surface area contributed by atoms with E-state index in [0.717, 1.165) is 11.3 Å². The number of nitrogens with zero attached hydrogens (tertiary/aromatic N) is 4. The first-order valence-electron chi connectivity index (χ1n) is 6.57. The number of fused-ring (bicyclic) bond motifs is 1. The molecule has 3 N–H and O–H groups in total. The number of hydrogen-bond donors (Lipinski definition) is 4. The predicted octanol–water partition coefficient (Wildman–Crippen LogP) is 1.62. The molecule has 2 rings (SSSR count). The Morgan fingerprint density at radius 1 is 1.55 bits per heavy atom. The Morgan fingerprint density at radius 2 is 2.36 bits per heavy atom. The fourth-order valence-corrected chi connectivity index (χ4v) is 1.98. The number of allylic oxidation sites excluding steroid dienone is 5. The van der Waals surface area contributed by atoms with Gasteiger partial charge < -0.3 is 0 Å². The number of thiol groups is 1. The Balaban J connectivity index is 2.44. The van der Waals surface area contributed by atoms with Gasteiger partial charge in [-0.05, 0) is 12.5 Å². The quantitative estimate of drug-likeness (QED) is 0.214. The second-order valence-electron chi connectivity index (χ2n) is 4.39. The largest absolute Gasteiger partial charge is 0.295 e. The molecule has 114 valence electrons. The van der Waals surface area contributed by atoms with Gasteiger partial charge in [-0.2, -0.15) is 4.83 Å². The molecular formula is C14H17N7S. The van der Waals surface area contributed by atoms with E-state index >= 15 is 0 Å². The van der Waals surface area contributed by atoms with Gasteiger partial charge in [-0.15, -0.1) is 10.2 Å². The van der Waals surface area contributed by atoms with Crippen LogP contribution in [0.1, 0.15) is 18.3 Å². The lowest BCUT2D eigenvalue weighted by Gasteiger charge is -2.09. The summed E-state index contributed by atoms with van der Waals surface area (Å²) >= 11 is 3.82. The second-order valence-corrected chi connectivity index (χ2v) is 4.62. The number of aromatic nitrogens is 4. The maximum atomic E-state index is 7.91. The molecule has 0 aromatic carbocycles. The number of rotatable bonds is 6. The molecule has 2 aromatic rings. The third-order valence-electron chi connectivity index (χ3n) is 2.92. The lowest BCUT2D eigenvalue weighted by Crippen LogP contribution is -2.32. The van der Waals surface area contributed by atoms with Crippen molar-refractivity contribution in [2.45, 2.75) is 13.3 Å². The van der Waals surface area contributed by atoms with Crippen LogP contribution < -0.4 is 10.3 Å². The normalized spacial score (nSPS) is 12.0. The molecule has 0 spiro atoms. The van der Waals surface area contributed by atoms with Crippen LogP contribution in [0.15, 0.2) is 49.0 Å². The molecule has 0 amide bonds. The van der Waals surface area contributed by atoms with E-state index in [4.69, 9.17) is 5.41 Å². The lowest BCUT2D eigenvalue weighted by atomic mass is 10.1. The van der Waals surface area contributed by atoms with Gasteiger partial charge in [-0.25, -0.2) is 4.98 Å². The van der Waals surface area contributed by atoms with Gasteiger partial charge in [0.2, 0.25) is 0 Å². The lowest BCUT2D eigenvalue weighted by molar-refractivity contribution is 0.906. The fourth-order valence-electron chi connectivity index (χ4n) is 1.87. The zero-order valence-corrected chi connectivity index (χ0v) is 13.0. The standard InChI is InChI=1S/C14H17N7S/c1-3-5-6-10(4-2)7-11-14-19-16-9-21(14)8-12(17-11)13(15)18-20-22/h3-6,8-9,20,22H,2,7H2,1H3,(H2,15,18)/b5-3-,10-6+. The smallest absolute Gasteiger partial charge is 0.182 e. The van der Waals surface area contributed by atoms with E-state index in [1.54, 1.807) is 23.0 Å². The fraction of sp³-hybridized carbons (Fsp3) is 0.143. The Morgan fingerprint density at radius 3 is 3.05 bits per heavy atom. The molecule has 7 nitrogen and oxygen atoms in total. The van der Waals surface area contributed by atoms with Crippen molar-refractivity contribution in [3.05, 3.63) is 60.4 Å². The monoisotopic (exact) mass is 315 g/mol. The summed E-state index contributed by atoms with van der Waals surface area (Å²) in [6.07, 6.45) is 11.4. The summed E-state index contributed by atoms with van der Waals surface area (Å²) < 4.78 is 1.74. The topological polar surface area (TPSA) is 91.0 Å². The van der Waals surface area contributed by atoms with Gasteiger partial charge >= 0.3 is 0 Å². The molecule has 0 aliphatic heterocycles. The van der Waals surface area contributed by atoms with Crippen molar-refractivity contribution in [1.29, 1.82) is 5.41 Å². The highest BCUT2D eigenvalue weighted by molar-refractivity contribution is 7.78. The molecule has 0 saturated heterocycles. The third-order valence-corrected chi connectivity index (χ3v) is 3.03. The highest BCUT2D eigenvalue weighted by Crippen LogP contribution is 2.13. The summed E-state index contributed by atoms with van der Waals surface area (Å²) in [5.41, 5.74) is 5.41. The molecule has 2 heterocycles. The van der Waals surface area contributed by atoms with Gasteiger partial charge in [0.15, 0.2) is 11.5 Å². The third kappa shape index (κ3) is 3.60. The first kappa shape index (κ1) is 15.9. The van der Waals surface area contributed by atoms with Crippen LogP contribution in [0.2, 0.25) is 0 Å². The minimum absolute atomic E-state index is 0.101. The zero-order chi connectivity index (χ0) is 15.9. The van der Waals surface area contributed by atoms with E-state index in [-0.39, 0.29) is 5.84 Å². The highest BCUT2D eigenvalue weighted by atomic mass is 32.1. The molecule has 22 heavy (non-hydrogen) atoms. The van der Waals surface area contributed by atoms with Crippen LogP contribution in [0.4, 0.5) is 0 Å². The summed E-state index contributed by atoms with van der Waals surface area (Å²) in [5, 5.41) is 15.9. The summed E-state index contributed by atoms with van der Waals surface area (Å²) in [5.74, 6) is 0.101. The summed E-state index contributed by atoms with van der Waals surface area (Å²) in [4.78, 5) is 6.90. The van der Waals surface area contributed by atoms with Gasteiger partial charge in [0.05, 0.1) is 5.69 Å². The molecule has 0 saturated carbocycles.